The van der Waals surface area contributed by atoms with Crippen molar-refractivity contribution in [2.75, 3.05) is 56.4 Å². The minimum atomic E-state index is 0.546. The van der Waals surface area contributed by atoms with Crippen LogP contribution in [0.4, 0.5) is 17.8 Å². The topological polar surface area (TPSA) is 75.2 Å². The first kappa shape index (κ1) is 15.4. The lowest BCUT2D eigenvalue weighted by Gasteiger charge is -2.13. The summed E-state index contributed by atoms with van der Waals surface area (Å²) in [6, 6.07) is 0. The first-order valence-electron chi connectivity index (χ1n) is 6.45. The standard InChI is InChI=1S/C12H24N6O/c1-9(2)8-19-7-6-14-11-15-10(13-3)16-12(17-11)18(4)5/h9H,6-8H2,1-5H3,(H2,13,14,15,16,17). The van der Waals surface area contributed by atoms with E-state index in [2.05, 4.69) is 39.4 Å². The Labute approximate surface area is 114 Å². The molecule has 0 fully saturated rings. The van der Waals surface area contributed by atoms with Gasteiger partial charge in [0.05, 0.1) is 6.61 Å². The van der Waals surface area contributed by atoms with Crippen LogP contribution in [0, 0.1) is 5.92 Å². The number of rotatable bonds is 8. The van der Waals surface area contributed by atoms with Gasteiger partial charge in [0.1, 0.15) is 0 Å². The van der Waals surface area contributed by atoms with E-state index in [1.807, 2.05) is 19.0 Å². The number of hydrogen-bond acceptors (Lipinski definition) is 7. The quantitative estimate of drug-likeness (QED) is 0.683. The highest BCUT2D eigenvalue weighted by Gasteiger charge is 2.06. The molecule has 0 aliphatic heterocycles. The molecule has 0 unspecified atom stereocenters. The summed E-state index contributed by atoms with van der Waals surface area (Å²) < 4.78 is 5.49. The van der Waals surface area contributed by atoms with Crippen molar-refractivity contribution in [1.29, 1.82) is 0 Å². The van der Waals surface area contributed by atoms with Crippen molar-refractivity contribution in [2.45, 2.75) is 13.8 Å². The first-order valence-corrected chi connectivity index (χ1v) is 6.45. The summed E-state index contributed by atoms with van der Waals surface area (Å²) in [4.78, 5) is 14.6. The maximum absolute atomic E-state index is 5.49. The smallest absolute Gasteiger partial charge is 0.231 e. The number of ether oxygens (including phenoxy) is 1. The number of hydrogen-bond donors (Lipinski definition) is 2. The second-order valence-corrected chi connectivity index (χ2v) is 4.82. The molecule has 108 valence electrons. The summed E-state index contributed by atoms with van der Waals surface area (Å²) in [5.41, 5.74) is 0. The monoisotopic (exact) mass is 268 g/mol. The molecular formula is C12H24N6O. The second-order valence-electron chi connectivity index (χ2n) is 4.82. The van der Waals surface area contributed by atoms with Crippen LogP contribution in [0.1, 0.15) is 13.8 Å². The van der Waals surface area contributed by atoms with E-state index in [1.54, 1.807) is 7.05 Å². The van der Waals surface area contributed by atoms with E-state index in [4.69, 9.17) is 4.74 Å². The highest BCUT2D eigenvalue weighted by molar-refractivity contribution is 5.42. The van der Waals surface area contributed by atoms with Crippen molar-refractivity contribution >= 4 is 17.8 Å². The number of nitrogens with one attached hydrogen (secondary N) is 2. The molecule has 1 aromatic heterocycles. The predicted octanol–water partition coefficient (Wildman–Crippen LogP) is 1.06. The van der Waals surface area contributed by atoms with Gasteiger partial charge in [-0.3, -0.25) is 0 Å². The zero-order chi connectivity index (χ0) is 14.3. The third kappa shape index (κ3) is 5.69. The minimum absolute atomic E-state index is 0.546. The fourth-order valence-electron chi connectivity index (χ4n) is 1.31. The molecule has 0 spiro atoms. The molecule has 1 heterocycles. The van der Waals surface area contributed by atoms with Gasteiger partial charge in [-0.1, -0.05) is 13.8 Å². The Morgan fingerprint density at radius 3 is 2.42 bits per heavy atom. The van der Waals surface area contributed by atoms with Crippen molar-refractivity contribution in [3.63, 3.8) is 0 Å². The Morgan fingerprint density at radius 1 is 1.16 bits per heavy atom. The second kappa shape index (κ2) is 7.73. The highest BCUT2D eigenvalue weighted by atomic mass is 16.5. The first-order chi connectivity index (χ1) is 9.02. The van der Waals surface area contributed by atoms with Gasteiger partial charge >= 0.3 is 0 Å². The molecular weight excluding hydrogens is 244 g/mol. The van der Waals surface area contributed by atoms with Crippen LogP contribution in [-0.2, 0) is 4.74 Å². The molecule has 7 heteroatoms. The maximum Gasteiger partial charge on any atom is 0.231 e. The van der Waals surface area contributed by atoms with Crippen LogP contribution in [0.3, 0.4) is 0 Å². The van der Waals surface area contributed by atoms with Crippen LogP contribution in [0.15, 0.2) is 0 Å². The molecule has 0 saturated heterocycles. The summed E-state index contributed by atoms with van der Waals surface area (Å²) >= 11 is 0. The summed E-state index contributed by atoms with van der Waals surface area (Å²) in [6.07, 6.45) is 0. The van der Waals surface area contributed by atoms with Crippen LogP contribution >= 0.6 is 0 Å². The van der Waals surface area contributed by atoms with Gasteiger partial charge < -0.3 is 20.3 Å². The Balaban J connectivity index is 2.50. The molecule has 0 radical (unpaired) electrons. The van der Waals surface area contributed by atoms with Crippen LogP contribution < -0.4 is 15.5 Å². The predicted molar refractivity (Wildman–Crippen MR) is 77.8 cm³/mol. The Kier molecular flexibility index (Phi) is 6.27. The van der Waals surface area contributed by atoms with Gasteiger partial charge in [-0.2, -0.15) is 15.0 Å². The summed E-state index contributed by atoms with van der Waals surface area (Å²) in [7, 11) is 5.57. The molecule has 0 aliphatic rings. The van der Waals surface area contributed by atoms with Crippen molar-refractivity contribution in [2.24, 2.45) is 5.92 Å². The van der Waals surface area contributed by atoms with Gasteiger partial charge in [0.15, 0.2) is 0 Å². The molecule has 19 heavy (non-hydrogen) atoms. The summed E-state index contributed by atoms with van der Waals surface area (Å²) in [6.45, 7) is 6.33. The molecule has 0 bridgehead atoms. The zero-order valence-electron chi connectivity index (χ0n) is 12.4. The molecule has 0 aliphatic carbocycles. The van der Waals surface area contributed by atoms with Crippen molar-refractivity contribution in [3.05, 3.63) is 0 Å². The van der Waals surface area contributed by atoms with Crippen LogP contribution in [0.5, 0.6) is 0 Å². The normalized spacial score (nSPS) is 10.6. The minimum Gasteiger partial charge on any atom is -0.379 e. The van der Waals surface area contributed by atoms with Gasteiger partial charge in [0, 0.05) is 34.3 Å². The summed E-state index contributed by atoms with van der Waals surface area (Å²) in [5, 5.41) is 6.05. The van der Waals surface area contributed by atoms with Crippen LogP contribution in [0.2, 0.25) is 0 Å². The Bertz CT molecular complexity index is 382. The molecule has 1 rings (SSSR count). The molecule has 0 atom stereocenters. The average Bonchev–Trinajstić information content (AvgIpc) is 2.37. The molecule has 0 saturated carbocycles. The van der Waals surface area contributed by atoms with Crippen LogP contribution in [-0.4, -0.2) is 55.9 Å². The van der Waals surface area contributed by atoms with E-state index in [-0.39, 0.29) is 0 Å². The number of anilines is 3. The van der Waals surface area contributed by atoms with Crippen molar-refractivity contribution in [3.8, 4) is 0 Å². The van der Waals surface area contributed by atoms with Gasteiger partial charge in [-0.15, -0.1) is 0 Å². The van der Waals surface area contributed by atoms with E-state index in [0.717, 1.165) is 6.61 Å². The molecule has 0 aromatic carbocycles. The molecule has 7 nitrogen and oxygen atoms in total. The fourth-order valence-corrected chi connectivity index (χ4v) is 1.31. The summed E-state index contributed by atoms with van der Waals surface area (Å²) in [5.74, 6) is 2.26. The lowest BCUT2D eigenvalue weighted by Crippen LogP contribution is -2.18. The van der Waals surface area contributed by atoms with Gasteiger partial charge in [-0.25, -0.2) is 0 Å². The largest absolute Gasteiger partial charge is 0.379 e. The van der Waals surface area contributed by atoms with E-state index >= 15 is 0 Å². The Hall–Kier alpha value is -1.63. The molecule has 2 N–H and O–H groups in total. The Morgan fingerprint density at radius 2 is 1.84 bits per heavy atom. The number of nitrogens with zero attached hydrogens (tertiary/aromatic N) is 4. The van der Waals surface area contributed by atoms with E-state index in [0.29, 0.717) is 36.9 Å². The average molecular weight is 268 g/mol. The van der Waals surface area contributed by atoms with Crippen molar-refractivity contribution in [1.82, 2.24) is 15.0 Å². The third-order valence-corrected chi connectivity index (χ3v) is 2.23. The van der Waals surface area contributed by atoms with Gasteiger partial charge in [0.2, 0.25) is 17.8 Å². The van der Waals surface area contributed by atoms with E-state index in [1.165, 1.54) is 0 Å². The third-order valence-electron chi connectivity index (χ3n) is 2.23. The van der Waals surface area contributed by atoms with E-state index < -0.39 is 0 Å². The zero-order valence-corrected chi connectivity index (χ0v) is 12.4. The van der Waals surface area contributed by atoms with Crippen LogP contribution in [0.25, 0.3) is 0 Å². The van der Waals surface area contributed by atoms with Crippen molar-refractivity contribution < 1.29 is 4.74 Å². The number of aromatic nitrogens is 3. The van der Waals surface area contributed by atoms with E-state index in [9.17, 15) is 0 Å². The lowest BCUT2D eigenvalue weighted by molar-refractivity contribution is 0.118. The highest BCUT2D eigenvalue weighted by Crippen LogP contribution is 2.10. The lowest BCUT2D eigenvalue weighted by atomic mass is 10.2. The maximum atomic E-state index is 5.49. The van der Waals surface area contributed by atoms with Gasteiger partial charge in [-0.05, 0) is 5.92 Å². The molecule has 1 aromatic rings. The van der Waals surface area contributed by atoms with Gasteiger partial charge in [0.25, 0.3) is 0 Å². The fraction of sp³-hybridized carbons (Fsp3) is 0.750. The SMILES string of the molecule is CNc1nc(NCCOCC(C)C)nc(N(C)C)n1. The molecule has 0 amide bonds.